The molecule has 0 aromatic carbocycles. The number of ether oxygens (including phenoxy) is 8. The van der Waals surface area contributed by atoms with Crippen LogP contribution in [-0.4, -0.2) is 116 Å². The SMILES string of the molecule is CCCCCCCCO[C@@H]1O[C@H](COC(C)=O)[C@@H](OC(C)=O)[C@H](N[C@@H]2C[C@H](COC(C)=O)[C@H](OC(C)=O)[C@H](OC(C)=O)[C@H]2OC(C)=O)[C@H]1NC(C)=O. The molecule has 0 spiro atoms. The predicted octanol–water partition coefficient (Wildman–Crippen LogP) is 1.79. The van der Waals surface area contributed by atoms with E-state index in [9.17, 15) is 33.6 Å². The molecule has 1 heterocycles. The Morgan fingerprint density at radius 2 is 1.12 bits per heavy atom. The van der Waals surface area contributed by atoms with Gasteiger partial charge in [-0.25, -0.2) is 0 Å². The molecule has 0 bridgehead atoms. The van der Waals surface area contributed by atoms with Gasteiger partial charge in [-0.2, -0.15) is 0 Å². The lowest BCUT2D eigenvalue weighted by Gasteiger charge is -2.50. The largest absolute Gasteiger partial charge is 0.465 e. The summed E-state index contributed by atoms with van der Waals surface area (Å²) in [5.74, 6) is -5.52. The Morgan fingerprint density at radius 3 is 1.67 bits per heavy atom. The van der Waals surface area contributed by atoms with E-state index in [2.05, 4.69) is 17.6 Å². The van der Waals surface area contributed by atoms with Gasteiger partial charge in [0.1, 0.15) is 24.9 Å². The molecular formula is C35H56N2O15. The second kappa shape index (κ2) is 22.3. The number of esters is 6. The van der Waals surface area contributed by atoms with Crippen molar-refractivity contribution in [1.29, 1.82) is 0 Å². The van der Waals surface area contributed by atoms with Crippen LogP contribution in [0.4, 0.5) is 0 Å². The zero-order valence-electron chi connectivity index (χ0n) is 31.5. The smallest absolute Gasteiger partial charge is 0.303 e. The summed E-state index contributed by atoms with van der Waals surface area (Å²) >= 11 is 0. The summed E-state index contributed by atoms with van der Waals surface area (Å²) < 4.78 is 45.7. The summed E-state index contributed by atoms with van der Waals surface area (Å²) in [5.41, 5.74) is 0. The number of carbonyl (C=O) groups is 7. The second-order valence-corrected chi connectivity index (χ2v) is 13.1. The Morgan fingerprint density at radius 1 is 0.596 bits per heavy atom. The standard InChI is InChI=1S/C35H56N2O15/c1-9-10-11-12-13-14-15-45-35-30(36-19(2)38)29(33(50-24(7)43)28(52-35)18-47-21(4)40)37-27-16-26(17-46-20(3)39)31(48-22(5)41)34(51-25(8)44)32(27)49-23(6)42/h26-35,37H,9-18H2,1-8H3,(H,36,38)/t26-,27-,28-,29-,30-,31+,32+,33-,34+,35-/m1/s1. The predicted molar refractivity (Wildman–Crippen MR) is 180 cm³/mol. The van der Waals surface area contributed by atoms with Crippen molar-refractivity contribution < 1.29 is 71.5 Å². The molecule has 2 aliphatic rings. The fourth-order valence-corrected chi connectivity index (χ4v) is 6.53. The van der Waals surface area contributed by atoms with Crippen molar-refractivity contribution >= 4 is 41.7 Å². The molecule has 0 unspecified atom stereocenters. The summed E-state index contributed by atoms with van der Waals surface area (Å²) in [7, 11) is 0. The van der Waals surface area contributed by atoms with Crippen LogP contribution in [0.5, 0.6) is 0 Å². The molecule has 1 aliphatic carbocycles. The third kappa shape index (κ3) is 15.0. The van der Waals surface area contributed by atoms with Crippen LogP contribution in [0.1, 0.15) is 100 Å². The van der Waals surface area contributed by atoms with Crippen molar-refractivity contribution in [3.63, 3.8) is 0 Å². The molecule has 1 saturated carbocycles. The van der Waals surface area contributed by atoms with E-state index in [4.69, 9.17) is 37.9 Å². The molecule has 2 fully saturated rings. The first-order chi connectivity index (χ1) is 24.5. The number of rotatable bonds is 19. The number of carbonyl (C=O) groups excluding carboxylic acids is 7. The minimum absolute atomic E-state index is 0.00419. The first kappa shape index (κ1) is 44.3. The third-order valence-corrected chi connectivity index (χ3v) is 8.49. The highest BCUT2D eigenvalue weighted by Gasteiger charge is 2.55. The Labute approximate surface area is 304 Å². The number of unbranched alkanes of at least 4 members (excludes halogenated alkanes) is 5. The summed E-state index contributed by atoms with van der Waals surface area (Å²) in [6.45, 7) is 10.0. The molecule has 10 atom stereocenters. The molecule has 2 N–H and O–H groups in total. The zero-order valence-corrected chi connectivity index (χ0v) is 31.5. The molecule has 1 amide bonds. The third-order valence-electron chi connectivity index (χ3n) is 8.49. The van der Waals surface area contributed by atoms with Crippen molar-refractivity contribution in [3.8, 4) is 0 Å². The maximum Gasteiger partial charge on any atom is 0.303 e. The molecular weight excluding hydrogens is 688 g/mol. The highest BCUT2D eigenvalue weighted by Crippen LogP contribution is 2.35. The van der Waals surface area contributed by atoms with Crippen molar-refractivity contribution in [2.75, 3.05) is 19.8 Å². The van der Waals surface area contributed by atoms with E-state index >= 15 is 0 Å². The lowest BCUT2D eigenvalue weighted by Crippen LogP contribution is -2.73. The van der Waals surface area contributed by atoms with Crippen LogP contribution in [-0.2, 0) is 71.5 Å². The highest BCUT2D eigenvalue weighted by atomic mass is 16.7. The summed E-state index contributed by atoms with van der Waals surface area (Å²) in [6.07, 6.45) is -1.49. The van der Waals surface area contributed by atoms with Crippen LogP contribution in [0.25, 0.3) is 0 Å². The van der Waals surface area contributed by atoms with Gasteiger partial charge in [0.2, 0.25) is 5.91 Å². The second-order valence-electron chi connectivity index (χ2n) is 13.1. The van der Waals surface area contributed by atoms with E-state index < -0.39 is 103 Å². The fourth-order valence-electron chi connectivity index (χ4n) is 6.53. The van der Waals surface area contributed by atoms with Crippen molar-refractivity contribution in [2.24, 2.45) is 5.92 Å². The topological polar surface area (TPSA) is 217 Å². The van der Waals surface area contributed by atoms with Gasteiger partial charge in [0.15, 0.2) is 18.5 Å². The van der Waals surface area contributed by atoms with E-state index in [1.807, 2.05) is 0 Å². The molecule has 1 aliphatic heterocycles. The van der Waals surface area contributed by atoms with Crippen LogP contribution in [0, 0.1) is 5.92 Å². The molecule has 52 heavy (non-hydrogen) atoms. The highest BCUT2D eigenvalue weighted by molar-refractivity contribution is 5.73. The average Bonchev–Trinajstić information content (AvgIpc) is 3.02. The van der Waals surface area contributed by atoms with Gasteiger partial charge in [0.05, 0.1) is 18.7 Å². The summed E-state index contributed by atoms with van der Waals surface area (Å²) in [5, 5.41) is 6.18. The van der Waals surface area contributed by atoms with Gasteiger partial charge in [-0.15, -0.1) is 0 Å². The zero-order chi connectivity index (χ0) is 39.0. The molecule has 0 aromatic rings. The maximum atomic E-state index is 12.7. The van der Waals surface area contributed by atoms with Crippen molar-refractivity contribution in [3.05, 3.63) is 0 Å². The lowest BCUT2D eigenvalue weighted by atomic mass is 9.78. The van der Waals surface area contributed by atoms with Crippen LogP contribution in [0.15, 0.2) is 0 Å². The fraction of sp³-hybridized carbons (Fsp3) is 0.800. The van der Waals surface area contributed by atoms with E-state index in [0.29, 0.717) is 6.42 Å². The average molecular weight is 745 g/mol. The van der Waals surface area contributed by atoms with E-state index in [1.165, 1.54) is 27.7 Å². The number of nitrogens with one attached hydrogen (secondary N) is 2. The first-order valence-electron chi connectivity index (χ1n) is 17.8. The van der Waals surface area contributed by atoms with Crippen molar-refractivity contribution in [1.82, 2.24) is 10.6 Å². The molecule has 17 heteroatoms. The van der Waals surface area contributed by atoms with Crippen LogP contribution >= 0.6 is 0 Å². The van der Waals surface area contributed by atoms with Crippen molar-refractivity contribution in [2.45, 2.75) is 155 Å². The Kier molecular flexibility index (Phi) is 19.0. The maximum absolute atomic E-state index is 12.7. The Balaban J connectivity index is 2.66. The number of hydrogen-bond donors (Lipinski definition) is 2. The van der Waals surface area contributed by atoms with Gasteiger partial charge in [-0.3, -0.25) is 33.6 Å². The van der Waals surface area contributed by atoms with Crippen LogP contribution < -0.4 is 10.6 Å². The number of hydrogen-bond acceptors (Lipinski definition) is 16. The molecule has 17 nitrogen and oxygen atoms in total. The lowest BCUT2D eigenvalue weighted by molar-refractivity contribution is -0.258. The van der Waals surface area contributed by atoms with E-state index in [0.717, 1.165) is 52.9 Å². The number of amides is 1. The Bertz CT molecular complexity index is 1230. The monoisotopic (exact) mass is 744 g/mol. The van der Waals surface area contributed by atoms with Crippen LogP contribution in [0.2, 0.25) is 0 Å². The van der Waals surface area contributed by atoms with Crippen LogP contribution in [0.3, 0.4) is 0 Å². The minimum atomic E-state index is -1.39. The molecule has 296 valence electrons. The van der Waals surface area contributed by atoms with E-state index in [-0.39, 0.29) is 26.2 Å². The molecule has 1 saturated heterocycles. The summed E-state index contributed by atoms with van der Waals surface area (Å²) in [4.78, 5) is 86.2. The van der Waals surface area contributed by atoms with Gasteiger partial charge in [-0.05, 0) is 12.8 Å². The Hall–Kier alpha value is -3.83. The van der Waals surface area contributed by atoms with Gasteiger partial charge >= 0.3 is 35.8 Å². The van der Waals surface area contributed by atoms with Gasteiger partial charge in [-0.1, -0.05) is 39.0 Å². The molecule has 2 rings (SSSR count). The first-order valence-corrected chi connectivity index (χ1v) is 17.8. The normalized spacial score (nSPS) is 28.5. The summed E-state index contributed by atoms with van der Waals surface area (Å²) in [6, 6.07) is -3.09. The quantitative estimate of drug-likeness (QED) is 0.109. The van der Waals surface area contributed by atoms with Gasteiger partial charge in [0.25, 0.3) is 0 Å². The van der Waals surface area contributed by atoms with Gasteiger partial charge in [0, 0.05) is 67.0 Å². The van der Waals surface area contributed by atoms with E-state index in [1.54, 1.807) is 0 Å². The van der Waals surface area contributed by atoms with Gasteiger partial charge < -0.3 is 48.5 Å². The molecule has 0 radical (unpaired) electrons. The molecule has 0 aromatic heterocycles. The minimum Gasteiger partial charge on any atom is -0.465 e.